The molecule has 0 aromatic carbocycles. The molecular formula is C14H22O2. The third-order valence-corrected chi connectivity index (χ3v) is 4.78. The van der Waals surface area contributed by atoms with Crippen LogP contribution in [0.15, 0.2) is 12.2 Å². The van der Waals surface area contributed by atoms with Gasteiger partial charge in [0.1, 0.15) is 0 Å². The van der Waals surface area contributed by atoms with Crippen molar-refractivity contribution in [1.29, 1.82) is 0 Å². The van der Waals surface area contributed by atoms with Gasteiger partial charge in [-0.3, -0.25) is 0 Å². The Bertz CT molecular complexity index is 291. The number of hydrogen-bond acceptors (Lipinski definition) is 2. The third kappa shape index (κ3) is 1.32. The Balaban J connectivity index is 1.84. The fourth-order valence-electron chi connectivity index (χ4n) is 4.38. The number of rotatable bonds is 4. The summed E-state index contributed by atoms with van der Waals surface area (Å²) in [6, 6.07) is 0. The van der Waals surface area contributed by atoms with Gasteiger partial charge in [-0.05, 0) is 44.4 Å². The molecule has 0 amide bonds. The molecule has 2 saturated carbocycles. The molecule has 3 aliphatic carbocycles. The number of allylic oxidation sites excluding steroid dienone is 2. The predicted octanol–water partition coefficient (Wildman–Crippen LogP) is 2.99. The Kier molecular flexibility index (Phi) is 2.60. The fourth-order valence-corrected chi connectivity index (χ4v) is 4.38. The van der Waals surface area contributed by atoms with E-state index >= 15 is 0 Å². The van der Waals surface area contributed by atoms with Crippen LogP contribution in [-0.4, -0.2) is 19.0 Å². The maximum atomic E-state index is 6.02. The topological polar surface area (TPSA) is 18.5 Å². The van der Waals surface area contributed by atoms with Crippen molar-refractivity contribution < 1.29 is 9.47 Å². The minimum absolute atomic E-state index is 0.246. The molecular weight excluding hydrogens is 200 g/mol. The third-order valence-electron chi connectivity index (χ3n) is 4.78. The van der Waals surface area contributed by atoms with Crippen LogP contribution in [0.25, 0.3) is 0 Å². The highest BCUT2D eigenvalue weighted by molar-refractivity contribution is 5.16. The predicted molar refractivity (Wildman–Crippen MR) is 62.9 cm³/mol. The summed E-state index contributed by atoms with van der Waals surface area (Å²) in [6.45, 7) is 5.69. The molecule has 0 saturated heterocycles. The molecule has 4 atom stereocenters. The minimum atomic E-state index is -0.246. The standard InChI is InChI=1S/C14H22O2/c1-3-15-14(16-4-2)9-10-8-13(14)12-7-5-6-11(10)12/h5,7,10-13H,3-4,6,8-9H2,1-2H3/t10-,11+,12+,13-/m0/s1. The van der Waals surface area contributed by atoms with Crippen molar-refractivity contribution in [3.8, 4) is 0 Å². The molecule has 90 valence electrons. The Morgan fingerprint density at radius 3 is 2.69 bits per heavy atom. The summed E-state index contributed by atoms with van der Waals surface area (Å²) in [7, 11) is 0. The van der Waals surface area contributed by atoms with Gasteiger partial charge in [0.15, 0.2) is 5.79 Å². The summed E-state index contributed by atoms with van der Waals surface area (Å²) in [5.74, 6) is 2.84. The van der Waals surface area contributed by atoms with Crippen LogP contribution in [0.4, 0.5) is 0 Å². The van der Waals surface area contributed by atoms with Crippen molar-refractivity contribution >= 4 is 0 Å². The number of hydrogen-bond donors (Lipinski definition) is 0. The maximum Gasteiger partial charge on any atom is 0.171 e. The smallest absolute Gasteiger partial charge is 0.171 e. The van der Waals surface area contributed by atoms with Crippen LogP contribution in [0.1, 0.15) is 33.1 Å². The van der Waals surface area contributed by atoms with E-state index < -0.39 is 0 Å². The first-order chi connectivity index (χ1) is 7.80. The second-order valence-corrected chi connectivity index (χ2v) is 5.39. The second kappa shape index (κ2) is 3.85. The van der Waals surface area contributed by atoms with E-state index in [1.54, 1.807) is 0 Å². The lowest BCUT2D eigenvalue weighted by atomic mass is 9.78. The molecule has 16 heavy (non-hydrogen) atoms. The van der Waals surface area contributed by atoms with E-state index in [4.69, 9.17) is 9.47 Å². The van der Waals surface area contributed by atoms with E-state index in [9.17, 15) is 0 Å². The lowest BCUT2D eigenvalue weighted by Crippen LogP contribution is -2.46. The van der Waals surface area contributed by atoms with Crippen molar-refractivity contribution in [1.82, 2.24) is 0 Å². The summed E-state index contributed by atoms with van der Waals surface area (Å²) in [4.78, 5) is 0. The molecule has 0 radical (unpaired) electrons. The molecule has 2 bridgehead atoms. The molecule has 0 N–H and O–H groups in total. The summed E-state index contributed by atoms with van der Waals surface area (Å²) >= 11 is 0. The first-order valence-corrected chi connectivity index (χ1v) is 6.75. The van der Waals surface area contributed by atoms with Gasteiger partial charge in [-0.1, -0.05) is 12.2 Å². The molecule has 3 aliphatic rings. The van der Waals surface area contributed by atoms with Gasteiger partial charge in [-0.2, -0.15) is 0 Å². The molecule has 2 fully saturated rings. The van der Waals surface area contributed by atoms with Crippen molar-refractivity contribution in [2.75, 3.05) is 13.2 Å². The van der Waals surface area contributed by atoms with Gasteiger partial charge in [-0.25, -0.2) is 0 Å². The molecule has 2 nitrogen and oxygen atoms in total. The zero-order valence-corrected chi connectivity index (χ0v) is 10.3. The molecule has 0 aromatic heterocycles. The van der Waals surface area contributed by atoms with Gasteiger partial charge < -0.3 is 9.47 Å². The van der Waals surface area contributed by atoms with Crippen LogP contribution in [-0.2, 0) is 9.47 Å². The first kappa shape index (κ1) is 10.8. The SMILES string of the molecule is CCOC1(OCC)C[C@@H]2C[C@H]1[C@@H]1C=CC[C@H]21. The zero-order valence-electron chi connectivity index (χ0n) is 10.3. The highest BCUT2D eigenvalue weighted by Crippen LogP contribution is 2.61. The normalized spacial score (nSPS) is 42.9. The van der Waals surface area contributed by atoms with Gasteiger partial charge in [0.05, 0.1) is 0 Å². The Hall–Kier alpha value is -0.340. The van der Waals surface area contributed by atoms with E-state index in [1.165, 1.54) is 12.8 Å². The maximum absolute atomic E-state index is 6.02. The summed E-state index contributed by atoms with van der Waals surface area (Å²) in [5.41, 5.74) is 0. The number of fused-ring (bicyclic) bond motifs is 5. The monoisotopic (exact) mass is 222 g/mol. The molecule has 0 heterocycles. The van der Waals surface area contributed by atoms with E-state index in [1.807, 2.05) is 0 Å². The lowest BCUT2D eigenvalue weighted by Gasteiger charge is -2.41. The van der Waals surface area contributed by atoms with Crippen LogP contribution in [0.3, 0.4) is 0 Å². The molecule has 0 aromatic rings. The highest BCUT2D eigenvalue weighted by atomic mass is 16.7. The van der Waals surface area contributed by atoms with E-state index in [-0.39, 0.29) is 5.79 Å². The van der Waals surface area contributed by atoms with E-state index in [0.29, 0.717) is 5.92 Å². The molecule has 0 spiro atoms. The van der Waals surface area contributed by atoms with Gasteiger partial charge >= 0.3 is 0 Å². The van der Waals surface area contributed by atoms with E-state index in [0.717, 1.165) is 37.4 Å². The fraction of sp³-hybridized carbons (Fsp3) is 0.857. The Labute approximate surface area is 98.0 Å². The van der Waals surface area contributed by atoms with Gasteiger partial charge in [-0.15, -0.1) is 0 Å². The van der Waals surface area contributed by atoms with Crippen LogP contribution < -0.4 is 0 Å². The average molecular weight is 222 g/mol. The van der Waals surface area contributed by atoms with Gasteiger partial charge in [0, 0.05) is 25.6 Å². The van der Waals surface area contributed by atoms with Crippen molar-refractivity contribution in [3.05, 3.63) is 12.2 Å². The van der Waals surface area contributed by atoms with E-state index in [2.05, 4.69) is 26.0 Å². The van der Waals surface area contributed by atoms with Crippen molar-refractivity contribution in [2.45, 2.75) is 38.9 Å². The molecule has 0 unspecified atom stereocenters. The first-order valence-electron chi connectivity index (χ1n) is 6.75. The molecule has 3 rings (SSSR count). The average Bonchev–Trinajstić information content (AvgIpc) is 2.87. The summed E-state index contributed by atoms with van der Waals surface area (Å²) in [6.07, 6.45) is 8.52. The minimum Gasteiger partial charge on any atom is -0.350 e. The zero-order chi connectivity index (χ0) is 11.2. The summed E-state index contributed by atoms with van der Waals surface area (Å²) in [5, 5.41) is 0. The van der Waals surface area contributed by atoms with Crippen molar-refractivity contribution in [2.24, 2.45) is 23.7 Å². The molecule has 2 heteroatoms. The summed E-state index contributed by atoms with van der Waals surface area (Å²) < 4.78 is 12.0. The number of ether oxygens (including phenoxy) is 2. The van der Waals surface area contributed by atoms with Crippen LogP contribution in [0.5, 0.6) is 0 Å². The molecule has 0 aliphatic heterocycles. The van der Waals surface area contributed by atoms with Crippen molar-refractivity contribution in [3.63, 3.8) is 0 Å². The second-order valence-electron chi connectivity index (χ2n) is 5.39. The van der Waals surface area contributed by atoms with Crippen LogP contribution >= 0.6 is 0 Å². The Morgan fingerprint density at radius 1 is 1.25 bits per heavy atom. The van der Waals surface area contributed by atoms with Crippen LogP contribution in [0.2, 0.25) is 0 Å². The highest BCUT2D eigenvalue weighted by Gasteiger charge is 2.61. The lowest BCUT2D eigenvalue weighted by molar-refractivity contribution is -0.268. The quantitative estimate of drug-likeness (QED) is 0.538. The van der Waals surface area contributed by atoms with Gasteiger partial charge in [0.2, 0.25) is 0 Å². The largest absolute Gasteiger partial charge is 0.350 e. The van der Waals surface area contributed by atoms with Crippen LogP contribution in [0, 0.1) is 23.7 Å². The van der Waals surface area contributed by atoms with Gasteiger partial charge in [0.25, 0.3) is 0 Å². The Morgan fingerprint density at radius 2 is 2.00 bits per heavy atom.